The fourth-order valence-electron chi connectivity index (χ4n) is 2.93. The van der Waals surface area contributed by atoms with Gasteiger partial charge in [-0.2, -0.15) is 0 Å². The van der Waals surface area contributed by atoms with Crippen LogP contribution in [0.2, 0.25) is 0 Å². The van der Waals surface area contributed by atoms with Crippen LogP contribution in [0, 0.1) is 11.6 Å². The lowest BCUT2D eigenvalue weighted by molar-refractivity contribution is 0.0138. The monoisotopic (exact) mass is 281 g/mol. The van der Waals surface area contributed by atoms with Gasteiger partial charge in [-0.05, 0) is 12.1 Å². The van der Waals surface area contributed by atoms with Gasteiger partial charge < -0.3 is 5.32 Å². The van der Waals surface area contributed by atoms with Crippen molar-refractivity contribution >= 4 is 5.91 Å². The summed E-state index contributed by atoms with van der Waals surface area (Å²) >= 11 is 0. The maximum Gasteiger partial charge on any atom is 0.257 e. The zero-order valence-corrected chi connectivity index (χ0v) is 11.1. The zero-order chi connectivity index (χ0) is 14.1. The number of carbonyl (C=O) groups is 1. The molecule has 0 saturated carbocycles. The number of halogens is 2. The highest BCUT2D eigenvalue weighted by Crippen LogP contribution is 2.16. The molecule has 0 radical (unpaired) electrons. The van der Waals surface area contributed by atoms with E-state index in [2.05, 4.69) is 15.1 Å². The Morgan fingerprint density at radius 2 is 1.85 bits per heavy atom. The molecular weight excluding hydrogens is 264 g/mol. The Morgan fingerprint density at radius 3 is 2.40 bits per heavy atom. The minimum absolute atomic E-state index is 0.233. The molecule has 2 bridgehead atoms. The number of hydrogen-bond acceptors (Lipinski definition) is 3. The minimum atomic E-state index is -0.822. The summed E-state index contributed by atoms with van der Waals surface area (Å²) in [5.41, 5.74) is -0.497. The van der Waals surface area contributed by atoms with Gasteiger partial charge in [-0.15, -0.1) is 0 Å². The van der Waals surface area contributed by atoms with Gasteiger partial charge in [0.2, 0.25) is 0 Å². The van der Waals surface area contributed by atoms with Crippen LogP contribution in [0.4, 0.5) is 8.78 Å². The van der Waals surface area contributed by atoms with E-state index in [0.29, 0.717) is 6.54 Å². The Bertz CT molecular complexity index is 495. The van der Waals surface area contributed by atoms with Crippen LogP contribution < -0.4 is 5.32 Å². The first-order valence-corrected chi connectivity index (χ1v) is 6.84. The molecule has 3 aliphatic heterocycles. The Morgan fingerprint density at radius 1 is 1.20 bits per heavy atom. The van der Waals surface area contributed by atoms with Crippen LogP contribution in [-0.4, -0.2) is 61.0 Å². The Hall–Kier alpha value is -1.53. The van der Waals surface area contributed by atoms with Gasteiger partial charge >= 0.3 is 0 Å². The predicted octanol–water partition coefficient (Wildman–Crippen LogP) is 0.694. The Balaban J connectivity index is 1.62. The van der Waals surface area contributed by atoms with Gasteiger partial charge in [-0.3, -0.25) is 14.6 Å². The lowest BCUT2D eigenvalue weighted by atomic mass is 10.1. The fraction of sp³-hybridized carbons (Fsp3) is 0.500. The smallest absolute Gasteiger partial charge is 0.257 e. The second kappa shape index (κ2) is 5.46. The maximum absolute atomic E-state index is 13.5. The van der Waals surface area contributed by atoms with Crippen LogP contribution in [0.5, 0.6) is 0 Å². The average molecular weight is 281 g/mol. The van der Waals surface area contributed by atoms with Gasteiger partial charge in [-0.1, -0.05) is 6.07 Å². The molecule has 4 nitrogen and oxygen atoms in total. The van der Waals surface area contributed by atoms with Gasteiger partial charge in [0.1, 0.15) is 17.2 Å². The molecule has 1 atom stereocenters. The molecule has 1 aromatic carbocycles. The average Bonchev–Trinajstić information content (AvgIpc) is 2.46. The van der Waals surface area contributed by atoms with Crippen molar-refractivity contribution in [3.63, 3.8) is 0 Å². The first-order chi connectivity index (χ1) is 9.65. The van der Waals surface area contributed by atoms with Gasteiger partial charge in [0.15, 0.2) is 0 Å². The molecule has 1 unspecified atom stereocenters. The van der Waals surface area contributed by atoms with Gasteiger partial charge in [0.05, 0.1) is 0 Å². The molecule has 108 valence electrons. The maximum atomic E-state index is 13.5. The van der Waals surface area contributed by atoms with Crippen LogP contribution in [0.25, 0.3) is 0 Å². The largest absolute Gasteiger partial charge is 0.350 e. The molecule has 6 heteroatoms. The van der Waals surface area contributed by atoms with Crippen molar-refractivity contribution in [2.45, 2.75) is 6.04 Å². The topological polar surface area (TPSA) is 35.6 Å². The van der Waals surface area contributed by atoms with Gasteiger partial charge in [0.25, 0.3) is 5.91 Å². The fourth-order valence-corrected chi connectivity index (χ4v) is 2.93. The summed E-state index contributed by atoms with van der Waals surface area (Å²) in [6.45, 7) is 5.44. The minimum Gasteiger partial charge on any atom is -0.350 e. The lowest BCUT2D eigenvalue weighted by Gasteiger charge is -2.47. The molecular formula is C14H17F2N3O. The normalized spacial score (nSPS) is 28.4. The third kappa shape index (κ3) is 2.53. The van der Waals surface area contributed by atoms with E-state index in [0.717, 1.165) is 44.9 Å². The highest BCUT2D eigenvalue weighted by molar-refractivity contribution is 5.94. The number of carbonyl (C=O) groups excluding carboxylic acids is 1. The van der Waals surface area contributed by atoms with Crippen molar-refractivity contribution in [2.75, 3.05) is 39.3 Å². The number of fused-ring (bicyclic) bond motifs is 3. The predicted molar refractivity (Wildman–Crippen MR) is 70.5 cm³/mol. The molecule has 20 heavy (non-hydrogen) atoms. The second-order valence-electron chi connectivity index (χ2n) is 5.30. The molecule has 1 amide bonds. The van der Waals surface area contributed by atoms with E-state index in [9.17, 15) is 13.6 Å². The lowest BCUT2D eigenvalue weighted by Crippen LogP contribution is -2.63. The second-order valence-corrected chi connectivity index (χ2v) is 5.30. The van der Waals surface area contributed by atoms with Crippen molar-refractivity contribution in [2.24, 2.45) is 0 Å². The first kappa shape index (κ1) is 13.5. The van der Waals surface area contributed by atoms with E-state index in [1.165, 1.54) is 6.07 Å². The summed E-state index contributed by atoms with van der Waals surface area (Å²) in [5, 5.41) is 2.65. The highest BCUT2D eigenvalue weighted by atomic mass is 19.1. The van der Waals surface area contributed by atoms with Crippen molar-refractivity contribution in [3.05, 3.63) is 35.4 Å². The van der Waals surface area contributed by atoms with Crippen molar-refractivity contribution in [1.82, 2.24) is 15.1 Å². The zero-order valence-electron chi connectivity index (χ0n) is 11.1. The van der Waals surface area contributed by atoms with E-state index in [1.54, 1.807) is 0 Å². The van der Waals surface area contributed by atoms with E-state index in [4.69, 9.17) is 0 Å². The Kier molecular flexibility index (Phi) is 3.67. The molecule has 0 aromatic heterocycles. The highest BCUT2D eigenvalue weighted by Gasteiger charge is 2.32. The summed E-state index contributed by atoms with van der Waals surface area (Å²) < 4.78 is 27.0. The van der Waals surface area contributed by atoms with Crippen LogP contribution in [0.15, 0.2) is 18.2 Å². The molecule has 4 rings (SSSR count). The van der Waals surface area contributed by atoms with Crippen LogP contribution in [0.3, 0.4) is 0 Å². The van der Waals surface area contributed by atoms with Crippen LogP contribution in [-0.2, 0) is 0 Å². The van der Waals surface area contributed by atoms with E-state index in [1.807, 2.05) is 0 Å². The molecule has 0 aliphatic carbocycles. The summed E-state index contributed by atoms with van der Waals surface area (Å²) in [6.07, 6.45) is 0. The van der Waals surface area contributed by atoms with Gasteiger partial charge in [0, 0.05) is 45.3 Å². The van der Waals surface area contributed by atoms with Crippen molar-refractivity contribution < 1.29 is 13.6 Å². The number of piperazine rings is 3. The molecule has 3 aliphatic rings. The van der Waals surface area contributed by atoms with E-state index < -0.39 is 23.1 Å². The molecule has 1 aromatic rings. The Labute approximate surface area is 116 Å². The number of rotatable bonds is 3. The number of nitrogens with zero attached hydrogens (tertiary/aromatic N) is 2. The van der Waals surface area contributed by atoms with Crippen LogP contribution in [0.1, 0.15) is 10.4 Å². The standard InChI is InChI=1S/C14H17F2N3O/c15-11-2-1-3-12(16)13(11)14(20)17-8-10-9-18-4-6-19(10)7-5-18/h1-3,10H,4-9H2,(H,17,20). The summed E-state index contributed by atoms with van der Waals surface area (Å²) in [7, 11) is 0. The number of nitrogens with one attached hydrogen (secondary N) is 1. The SMILES string of the molecule is O=C(NCC1CN2CCN1CC2)c1c(F)cccc1F. The van der Waals surface area contributed by atoms with Gasteiger partial charge in [-0.25, -0.2) is 8.78 Å². The van der Waals surface area contributed by atoms with E-state index >= 15 is 0 Å². The molecule has 3 saturated heterocycles. The quantitative estimate of drug-likeness (QED) is 0.885. The summed E-state index contributed by atoms with van der Waals surface area (Å²) in [4.78, 5) is 16.6. The summed E-state index contributed by atoms with van der Waals surface area (Å²) in [5.74, 6) is -2.33. The molecule has 1 N–H and O–H groups in total. The third-order valence-corrected chi connectivity index (χ3v) is 4.08. The van der Waals surface area contributed by atoms with Crippen molar-refractivity contribution in [1.29, 1.82) is 0 Å². The molecule has 0 spiro atoms. The number of benzene rings is 1. The molecule has 3 heterocycles. The summed E-state index contributed by atoms with van der Waals surface area (Å²) in [6, 6.07) is 3.67. The number of hydrogen-bond donors (Lipinski definition) is 1. The van der Waals surface area contributed by atoms with E-state index in [-0.39, 0.29) is 6.04 Å². The first-order valence-electron chi connectivity index (χ1n) is 6.84. The third-order valence-electron chi connectivity index (χ3n) is 4.08. The van der Waals surface area contributed by atoms with Crippen LogP contribution >= 0.6 is 0 Å². The molecule has 3 fully saturated rings. The number of amides is 1. The van der Waals surface area contributed by atoms with Crippen molar-refractivity contribution in [3.8, 4) is 0 Å².